The van der Waals surface area contributed by atoms with Crippen molar-refractivity contribution in [3.8, 4) is 11.5 Å². The lowest BCUT2D eigenvalue weighted by Crippen LogP contribution is -2.29. The number of nitrogens with zero attached hydrogens (tertiary/aromatic N) is 6. The molecule has 2 aromatic heterocycles. The molecule has 0 amide bonds. The maximum Gasteiger partial charge on any atom is 0.352 e. The number of aryl methyl sites for hydroxylation is 1. The fourth-order valence-electron chi connectivity index (χ4n) is 5.17. The average Bonchev–Trinajstić information content (AvgIpc) is 3.77. The highest BCUT2D eigenvalue weighted by molar-refractivity contribution is 5.86. The van der Waals surface area contributed by atoms with E-state index >= 15 is 0 Å². The molecule has 216 valence electrons. The number of aromatic nitrogens is 2. The van der Waals surface area contributed by atoms with Gasteiger partial charge in [0.2, 0.25) is 0 Å². The summed E-state index contributed by atoms with van der Waals surface area (Å²) in [6.45, 7) is 4.83. The smallest absolute Gasteiger partial charge is 0.352 e. The maximum atomic E-state index is 11.2. The zero-order valence-corrected chi connectivity index (χ0v) is 23.3. The Labute approximate surface area is 241 Å². The lowest BCUT2D eigenvalue weighted by Gasteiger charge is -2.30. The Morgan fingerprint density at radius 1 is 0.929 bits per heavy atom. The van der Waals surface area contributed by atoms with Gasteiger partial charge in [-0.25, -0.2) is 4.79 Å². The van der Waals surface area contributed by atoms with Crippen molar-refractivity contribution < 1.29 is 19.6 Å². The molecule has 6 rings (SSSR count). The Morgan fingerprint density at radius 2 is 1.64 bits per heavy atom. The quantitative estimate of drug-likeness (QED) is 0.125. The van der Waals surface area contributed by atoms with Gasteiger partial charge in [-0.15, -0.1) is 20.5 Å². The van der Waals surface area contributed by atoms with Gasteiger partial charge in [0.25, 0.3) is 0 Å². The molecule has 0 radical (unpaired) electrons. The van der Waals surface area contributed by atoms with Crippen molar-refractivity contribution >= 4 is 40.4 Å². The number of hydrogen-bond acceptors (Lipinski definition) is 10. The fourth-order valence-corrected chi connectivity index (χ4v) is 5.17. The van der Waals surface area contributed by atoms with Gasteiger partial charge in [0.15, 0.2) is 23.1 Å². The van der Waals surface area contributed by atoms with Crippen LogP contribution in [0.1, 0.15) is 35.0 Å². The third kappa shape index (κ3) is 5.67. The van der Waals surface area contributed by atoms with Crippen molar-refractivity contribution in [2.45, 2.75) is 26.2 Å². The number of likely N-dealkylation sites (N-methyl/N-ethyl adjacent to an activating group) is 1. The van der Waals surface area contributed by atoms with E-state index in [-0.39, 0.29) is 5.69 Å². The van der Waals surface area contributed by atoms with E-state index in [2.05, 4.69) is 52.8 Å². The molecule has 2 aliphatic rings. The monoisotopic (exact) mass is 569 g/mol. The number of carbonyl (C=O) groups is 1. The SMILES string of the molecule is CCN1CCCc2cc(N=Nc3ccc(C(=O)O)[nH]3)c(ONOc3cc4c(cc3N=Nc3ccc[nH]3)CCN4C)cc21. The first-order valence-corrected chi connectivity index (χ1v) is 13.8. The minimum absolute atomic E-state index is 0.0312. The van der Waals surface area contributed by atoms with Crippen LogP contribution in [0.2, 0.25) is 0 Å². The lowest BCUT2D eigenvalue weighted by molar-refractivity contribution is -0.0182. The zero-order chi connectivity index (χ0) is 29.1. The number of hydrogen-bond donors (Lipinski definition) is 4. The number of rotatable bonds is 10. The first-order valence-electron chi connectivity index (χ1n) is 13.8. The van der Waals surface area contributed by atoms with E-state index in [1.807, 2.05) is 43.4 Å². The molecule has 0 atom stereocenters. The second-order valence-electron chi connectivity index (χ2n) is 10.1. The van der Waals surface area contributed by atoms with Crippen LogP contribution in [-0.2, 0) is 12.8 Å². The summed E-state index contributed by atoms with van der Waals surface area (Å²) in [5, 5.41) is 26.5. The van der Waals surface area contributed by atoms with Gasteiger partial charge < -0.3 is 34.5 Å². The average molecular weight is 570 g/mol. The summed E-state index contributed by atoms with van der Waals surface area (Å²) in [6, 6.07) is 14.4. The number of carboxylic acids is 1. The van der Waals surface area contributed by atoms with Gasteiger partial charge in [-0.05, 0) is 73.7 Å². The van der Waals surface area contributed by atoms with Crippen LogP contribution in [0.4, 0.5) is 34.4 Å². The van der Waals surface area contributed by atoms with Gasteiger partial charge in [-0.3, -0.25) is 0 Å². The number of benzene rings is 2. The van der Waals surface area contributed by atoms with E-state index in [9.17, 15) is 9.90 Å². The van der Waals surface area contributed by atoms with Gasteiger partial charge in [-0.1, -0.05) is 0 Å². The van der Waals surface area contributed by atoms with Gasteiger partial charge >= 0.3 is 5.97 Å². The van der Waals surface area contributed by atoms with E-state index in [0.717, 1.165) is 55.8 Å². The second-order valence-corrected chi connectivity index (χ2v) is 10.1. The number of anilines is 2. The number of fused-ring (bicyclic) bond motifs is 2. The molecule has 0 spiro atoms. The number of nitrogens with one attached hydrogen (secondary N) is 3. The molecule has 0 aliphatic carbocycles. The Hall–Kier alpha value is -5.17. The Kier molecular flexibility index (Phi) is 7.56. The maximum absolute atomic E-state index is 11.2. The highest BCUT2D eigenvalue weighted by Gasteiger charge is 2.22. The van der Waals surface area contributed by atoms with Crippen LogP contribution >= 0.6 is 0 Å². The molecule has 0 fully saturated rings. The first kappa shape index (κ1) is 27.0. The minimum atomic E-state index is -1.07. The molecule has 0 saturated heterocycles. The van der Waals surface area contributed by atoms with Gasteiger partial charge in [0, 0.05) is 62.0 Å². The van der Waals surface area contributed by atoms with Crippen LogP contribution in [0, 0.1) is 0 Å². The summed E-state index contributed by atoms with van der Waals surface area (Å²) in [5.41, 5.74) is 8.09. The molecule has 0 unspecified atom stereocenters. The topological polar surface area (TPSA) is 155 Å². The van der Waals surface area contributed by atoms with Crippen LogP contribution < -0.4 is 25.1 Å². The largest absolute Gasteiger partial charge is 0.477 e. The van der Waals surface area contributed by atoms with Crippen LogP contribution in [0.15, 0.2) is 75.2 Å². The highest BCUT2D eigenvalue weighted by atomic mass is 16.9. The highest BCUT2D eigenvalue weighted by Crippen LogP contribution is 2.40. The van der Waals surface area contributed by atoms with E-state index in [1.54, 1.807) is 12.3 Å². The molecule has 2 aromatic carbocycles. The van der Waals surface area contributed by atoms with Crippen LogP contribution in [0.5, 0.6) is 11.5 Å². The molecule has 2 aliphatic heterocycles. The van der Waals surface area contributed by atoms with Gasteiger partial charge in [0.1, 0.15) is 17.1 Å². The molecule has 0 bridgehead atoms. The number of azo groups is 2. The molecule has 4 aromatic rings. The van der Waals surface area contributed by atoms with Crippen molar-refractivity contribution in [3.05, 3.63) is 71.5 Å². The van der Waals surface area contributed by atoms with E-state index < -0.39 is 5.97 Å². The number of H-pyrrole nitrogens is 2. The predicted octanol–water partition coefficient (Wildman–Crippen LogP) is 6.51. The van der Waals surface area contributed by atoms with Crippen molar-refractivity contribution in [1.29, 1.82) is 0 Å². The summed E-state index contributed by atoms with van der Waals surface area (Å²) in [4.78, 5) is 33.3. The standard InChI is InChI=1S/C29H31N9O4/c1-3-38-12-5-6-18-14-21(33-35-28-9-8-20(31-28)29(39)40)26(17-24(18)38)42-36-41-25-16-23-19(10-13-37(23)2)15-22(25)32-34-27-7-4-11-30-27/h4,7-9,11,14-17,30-31,36H,3,5-6,10,12-13H2,1-2H3,(H,39,40). The summed E-state index contributed by atoms with van der Waals surface area (Å²) in [6.07, 6.45) is 4.63. The fraction of sp³-hybridized carbons (Fsp3) is 0.276. The van der Waals surface area contributed by atoms with Crippen LogP contribution in [0.25, 0.3) is 0 Å². The van der Waals surface area contributed by atoms with E-state index in [4.69, 9.17) is 9.68 Å². The molecular weight excluding hydrogens is 538 g/mol. The zero-order valence-electron chi connectivity index (χ0n) is 23.3. The molecule has 4 heterocycles. The summed E-state index contributed by atoms with van der Waals surface area (Å²) < 4.78 is 0. The molecule has 13 nitrogen and oxygen atoms in total. The predicted molar refractivity (Wildman–Crippen MR) is 157 cm³/mol. The third-order valence-corrected chi connectivity index (χ3v) is 7.36. The normalized spacial score (nSPS) is 14.5. The Morgan fingerprint density at radius 3 is 2.31 bits per heavy atom. The Balaban J connectivity index is 1.27. The summed E-state index contributed by atoms with van der Waals surface area (Å²) in [7, 11) is 2.03. The van der Waals surface area contributed by atoms with E-state index in [1.165, 1.54) is 11.6 Å². The molecule has 0 saturated carbocycles. The van der Waals surface area contributed by atoms with Crippen molar-refractivity contribution in [1.82, 2.24) is 15.6 Å². The first-order chi connectivity index (χ1) is 20.5. The third-order valence-electron chi connectivity index (χ3n) is 7.36. The Bertz CT molecular complexity index is 1640. The summed E-state index contributed by atoms with van der Waals surface area (Å²) in [5.74, 6) is 0.719. The van der Waals surface area contributed by atoms with Crippen molar-refractivity contribution in [2.24, 2.45) is 20.5 Å². The number of aromatic amines is 2. The second kappa shape index (κ2) is 11.7. The molecule has 4 N–H and O–H groups in total. The summed E-state index contributed by atoms with van der Waals surface area (Å²) >= 11 is 0. The van der Waals surface area contributed by atoms with Crippen molar-refractivity contribution in [3.63, 3.8) is 0 Å². The van der Waals surface area contributed by atoms with Gasteiger partial charge in [-0.2, -0.15) is 0 Å². The molecule has 13 heteroatoms. The van der Waals surface area contributed by atoms with E-state index in [0.29, 0.717) is 34.5 Å². The minimum Gasteiger partial charge on any atom is -0.477 e. The van der Waals surface area contributed by atoms with Crippen LogP contribution in [-0.4, -0.2) is 47.7 Å². The lowest BCUT2D eigenvalue weighted by atomic mass is 10.0. The number of aromatic carboxylic acids is 1. The van der Waals surface area contributed by atoms with Crippen molar-refractivity contribution in [2.75, 3.05) is 36.5 Å². The molecule has 42 heavy (non-hydrogen) atoms. The van der Waals surface area contributed by atoms with Crippen LogP contribution in [0.3, 0.4) is 0 Å². The van der Waals surface area contributed by atoms with Gasteiger partial charge in [0.05, 0.1) is 0 Å². The number of carboxylic acid groups (broad SMARTS) is 1. The molecular formula is C29H31N9O4.